The lowest BCUT2D eigenvalue weighted by molar-refractivity contribution is 0.576. The van der Waals surface area contributed by atoms with E-state index in [-0.39, 0.29) is 0 Å². The Labute approximate surface area is 83.9 Å². The topological polar surface area (TPSA) is 38.0 Å². The molecule has 1 aromatic rings. The fourth-order valence-corrected chi connectivity index (χ4v) is 1.88. The van der Waals surface area contributed by atoms with Gasteiger partial charge >= 0.3 is 0 Å². The first-order chi connectivity index (χ1) is 6.36. The third kappa shape index (κ3) is 3.81. The molecule has 1 aromatic carbocycles. The lowest BCUT2D eigenvalue weighted by Crippen LogP contribution is -2.38. The van der Waals surface area contributed by atoms with Crippen LogP contribution in [-0.4, -0.2) is 18.1 Å². The van der Waals surface area contributed by atoms with E-state index in [9.17, 15) is 0 Å². The zero-order valence-corrected chi connectivity index (χ0v) is 8.68. The Balaban J connectivity index is 2.46. The number of hydrogen-bond acceptors (Lipinski definition) is 3. The second kappa shape index (κ2) is 6.02. The minimum absolute atomic E-state index is 0.373. The summed E-state index contributed by atoms with van der Waals surface area (Å²) in [7, 11) is 0. The molecular formula is C10H16N2S. The molecule has 0 aliphatic heterocycles. The summed E-state index contributed by atoms with van der Waals surface area (Å²) in [6.45, 7) is 0. The summed E-state index contributed by atoms with van der Waals surface area (Å²) in [4.78, 5) is 0. The summed E-state index contributed by atoms with van der Waals surface area (Å²) in [5.41, 5.74) is 4.16. The number of benzene rings is 1. The number of hydrogen-bond donors (Lipinski definition) is 2. The summed E-state index contributed by atoms with van der Waals surface area (Å²) in [5, 5.41) is 0. The fourth-order valence-electron chi connectivity index (χ4n) is 1.27. The largest absolute Gasteiger partial charge is 0.271 e. The first-order valence-corrected chi connectivity index (χ1v) is 5.75. The molecule has 2 nitrogen and oxygen atoms in total. The molecule has 72 valence electrons. The maximum atomic E-state index is 5.44. The van der Waals surface area contributed by atoms with Crippen LogP contribution in [0.5, 0.6) is 0 Å². The zero-order chi connectivity index (χ0) is 9.52. The molecule has 0 amide bonds. The van der Waals surface area contributed by atoms with E-state index in [1.807, 2.05) is 17.8 Å². The molecule has 3 N–H and O–H groups in total. The molecule has 0 bridgehead atoms. The Hall–Kier alpha value is -0.510. The Morgan fingerprint density at radius 2 is 2.08 bits per heavy atom. The van der Waals surface area contributed by atoms with Crippen molar-refractivity contribution in [2.24, 2.45) is 5.84 Å². The Bertz CT molecular complexity index is 226. The van der Waals surface area contributed by atoms with Gasteiger partial charge in [-0.25, -0.2) is 0 Å². The number of rotatable bonds is 5. The highest BCUT2D eigenvalue weighted by molar-refractivity contribution is 7.98. The molecule has 13 heavy (non-hydrogen) atoms. The molecule has 0 radical (unpaired) electrons. The molecule has 0 spiro atoms. The van der Waals surface area contributed by atoms with E-state index in [0.29, 0.717) is 6.04 Å². The van der Waals surface area contributed by atoms with E-state index in [4.69, 9.17) is 5.84 Å². The summed E-state index contributed by atoms with van der Waals surface area (Å²) in [6.07, 6.45) is 3.09. The van der Waals surface area contributed by atoms with Crippen LogP contribution in [0.25, 0.3) is 0 Å². The van der Waals surface area contributed by atoms with E-state index < -0.39 is 0 Å². The van der Waals surface area contributed by atoms with Crippen molar-refractivity contribution in [3.05, 3.63) is 35.9 Å². The van der Waals surface area contributed by atoms with Crippen molar-refractivity contribution in [3.63, 3.8) is 0 Å². The fraction of sp³-hybridized carbons (Fsp3) is 0.400. The SMILES string of the molecule is CSCC(Cc1ccccc1)NN. The van der Waals surface area contributed by atoms with E-state index in [1.165, 1.54) is 5.56 Å². The predicted octanol–water partition coefficient (Wildman–Crippen LogP) is 1.42. The molecule has 0 aliphatic rings. The van der Waals surface area contributed by atoms with Gasteiger partial charge in [-0.1, -0.05) is 30.3 Å². The average Bonchev–Trinajstić information content (AvgIpc) is 2.19. The lowest BCUT2D eigenvalue weighted by atomic mass is 10.1. The molecule has 0 aliphatic carbocycles. The highest BCUT2D eigenvalue weighted by Crippen LogP contribution is 2.05. The maximum Gasteiger partial charge on any atom is 0.0341 e. The standard InChI is InChI=1S/C10H16N2S/c1-13-8-10(12-11)7-9-5-3-2-4-6-9/h2-6,10,12H,7-8,11H2,1H3. The van der Waals surface area contributed by atoms with Gasteiger partial charge in [-0.05, 0) is 18.2 Å². The average molecular weight is 196 g/mol. The minimum atomic E-state index is 0.373. The summed E-state index contributed by atoms with van der Waals surface area (Å²) in [6, 6.07) is 10.8. The Kier molecular flexibility index (Phi) is 4.90. The first-order valence-electron chi connectivity index (χ1n) is 4.36. The van der Waals surface area contributed by atoms with Gasteiger partial charge in [0.25, 0.3) is 0 Å². The van der Waals surface area contributed by atoms with Crippen LogP contribution in [0, 0.1) is 0 Å². The van der Waals surface area contributed by atoms with Crippen LogP contribution < -0.4 is 11.3 Å². The normalized spacial score (nSPS) is 12.8. The molecule has 1 rings (SSSR count). The summed E-state index contributed by atoms with van der Waals surface area (Å²) in [5.74, 6) is 6.49. The molecule has 0 fully saturated rings. The third-order valence-corrected chi connectivity index (χ3v) is 2.66. The van der Waals surface area contributed by atoms with Crippen LogP contribution in [0.15, 0.2) is 30.3 Å². The number of nitrogens with one attached hydrogen (secondary N) is 1. The second-order valence-corrected chi connectivity index (χ2v) is 3.92. The van der Waals surface area contributed by atoms with E-state index >= 15 is 0 Å². The van der Waals surface area contributed by atoms with Crippen molar-refractivity contribution < 1.29 is 0 Å². The predicted molar refractivity (Wildman–Crippen MR) is 59.6 cm³/mol. The molecule has 3 heteroatoms. The molecule has 1 unspecified atom stereocenters. The number of thioether (sulfide) groups is 1. The van der Waals surface area contributed by atoms with Crippen LogP contribution in [0.3, 0.4) is 0 Å². The van der Waals surface area contributed by atoms with E-state index in [0.717, 1.165) is 12.2 Å². The van der Waals surface area contributed by atoms with Gasteiger partial charge in [0.1, 0.15) is 0 Å². The Morgan fingerprint density at radius 3 is 2.62 bits per heavy atom. The van der Waals surface area contributed by atoms with Crippen molar-refractivity contribution in [2.45, 2.75) is 12.5 Å². The van der Waals surface area contributed by atoms with E-state index in [1.54, 1.807) is 0 Å². The first kappa shape index (κ1) is 10.6. The van der Waals surface area contributed by atoms with Crippen LogP contribution in [0.1, 0.15) is 5.56 Å². The van der Waals surface area contributed by atoms with Gasteiger partial charge < -0.3 is 0 Å². The van der Waals surface area contributed by atoms with Crippen molar-refractivity contribution in [3.8, 4) is 0 Å². The van der Waals surface area contributed by atoms with Gasteiger partial charge in [-0.15, -0.1) is 0 Å². The highest BCUT2D eigenvalue weighted by atomic mass is 32.2. The highest BCUT2D eigenvalue weighted by Gasteiger charge is 2.05. The van der Waals surface area contributed by atoms with Gasteiger partial charge in [-0.3, -0.25) is 11.3 Å². The maximum absolute atomic E-state index is 5.44. The molecule has 0 saturated heterocycles. The summed E-state index contributed by atoms with van der Waals surface area (Å²) < 4.78 is 0. The van der Waals surface area contributed by atoms with Crippen molar-refractivity contribution in [1.82, 2.24) is 5.43 Å². The summed E-state index contributed by atoms with van der Waals surface area (Å²) >= 11 is 1.81. The third-order valence-electron chi connectivity index (χ3n) is 1.93. The monoisotopic (exact) mass is 196 g/mol. The number of hydrazine groups is 1. The molecule has 0 saturated carbocycles. The zero-order valence-electron chi connectivity index (χ0n) is 7.86. The van der Waals surface area contributed by atoms with Gasteiger partial charge in [0, 0.05) is 11.8 Å². The van der Waals surface area contributed by atoms with Gasteiger partial charge in [0.05, 0.1) is 0 Å². The van der Waals surface area contributed by atoms with Crippen LogP contribution in [0.2, 0.25) is 0 Å². The van der Waals surface area contributed by atoms with Crippen LogP contribution >= 0.6 is 11.8 Å². The smallest absolute Gasteiger partial charge is 0.0341 e. The molecular weight excluding hydrogens is 180 g/mol. The minimum Gasteiger partial charge on any atom is -0.271 e. The lowest BCUT2D eigenvalue weighted by Gasteiger charge is -2.13. The quantitative estimate of drug-likeness (QED) is 0.552. The Morgan fingerprint density at radius 1 is 1.38 bits per heavy atom. The molecule has 0 heterocycles. The van der Waals surface area contributed by atoms with Gasteiger partial charge in [0.15, 0.2) is 0 Å². The van der Waals surface area contributed by atoms with Gasteiger partial charge in [0.2, 0.25) is 0 Å². The van der Waals surface area contributed by atoms with Crippen LogP contribution in [-0.2, 0) is 6.42 Å². The van der Waals surface area contributed by atoms with Crippen molar-refractivity contribution in [1.29, 1.82) is 0 Å². The molecule has 0 aromatic heterocycles. The second-order valence-electron chi connectivity index (χ2n) is 3.01. The van der Waals surface area contributed by atoms with Gasteiger partial charge in [-0.2, -0.15) is 11.8 Å². The molecule has 1 atom stereocenters. The number of nitrogens with two attached hydrogens (primary N) is 1. The van der Waals surface area contributed by atoms with E-state index in [2.05, 4.69) is 35.9 Å². The van der Waals surface area contributed by atoms with Crippen LogP contribution in [0.4, 0.5) is 0 Å². The van der Waals surface area contributed by atoms with Crippen molar-refractivity contribution >= 4 is 11.8 Å². The van der Waals surface area contributed by atoms with Crippen molar-refractivity contribution in [2.75, 3.05) is 12.0 Å².